The Hall–Kier alpha value is -1.43. The molecule has 4 aliphatic rings. The summed E-state index contributed by atoms with van der Waals surface area (Å²) in [5, 5.41) is 8.50. The third-order valence-electron chi connectivity index (χ3n) is 6.62. The van der Waals surface area contributed by atoms with E-state index < -0.39 is 6.04 Å². The zero-order chi connectivity index (χ0) is 18.5. The van der Waals surface area contributed by atoms with Crippen molar-refractivity contribution in [3.8, 4) is 0 Å². The molecule has 142 valence electrons. The van der Waals surface area contributed by atoms with E-state index in [0.29, 0.717) is 5.13 Å². The number of hydrogen-bond donors (Lipinski definition) is 2. The molecule has 6 heteroatoms. The van der Waals surface area contributed by atoms with E-state index in [9.17, 15) is 9.59 Å². The molecule has 4 bridgehead atoms. The fourth-order valence-electron chi connectivity index (χ4n) is 5.94. The van der Waals surface area contributed by atoms with E-state index in [4.69, 9.17) is 4.98 Å². The number of carbonyl (C=O) groups is 2. The van der Waals surface area contributed by atoms with Crippen LogP contribution in [0.3, 0.4) is 0 Å². The number of carbonyl (C=O) groups excluding carboxylic acids is 2. The van der Waals surface area contributed by atoms with Crippen LogP contribution in [0, 0.1) is 23.7 Å². The molecule has 4 aliphatic carbocycles. The number of nitrogens with zero attached hydrogens (tertiary/aromatic N) is 1. The number of aromatic nitrogens is 1. The second-order valence-electron chi connectivity index (χ2n) is 9.15. The van der Waals surface area contributed by atoms with Gasteiger partial charge in [-0.1, -0.05) is 13.8 Å². The molecule has 4 fully saturated rings. The van der Waals surface area contributed by atoms with Crippen LogP contribution in [0.25, 0.3) is 0 Å². The summed E-state index contributed by atoms with van der Waals surface area (Å²) in [4.78, 5) is 28.8. The maximum absolute atomic E-state index is 12.6. The number of nitrogens with one attached hydrogen (secondary N) is 2. The highest BCUT2D eigenvalue weighted by Gasteiger charge is 2.52. The van der Waals surface area contributed by atoms with Crippen molar-refractivity contribution in [1.82, 2.24) is 10.3 Å². The number of hydrogen-bond acceptors (Lipinski definition) is 4. The summed E-state index contributed by atoms with van der Waals surface area (Å²) in [7, 11) is 0. The minimum Gasteiger partial charge on any atom is -0.344 e. The first-order valence-corrected chi connectivity index (χ1v) is 10.8. The van der Waals surface area contributed by atoms with Crippen LogP contribution >= 0.6 is 11.3 Å². The van der Waals surface area contributed by atoms with Gasteiger partial charge in [0.25, 0.3) is 0 Å². The van der Waals surface area contributed by atoms with E-state index in [1.807, 2.05) is 13.8 Å². The molecule has 1 aromatic heterocycles. The van der Waals surface area contributed by atoms with Crippen molar-refractivity contribution in [3.63, 3.8) is 0 Å². The van der Waals surface area contributed by atoms with Gasteiger partial charge in [-0.15, -0.1) is 11.3 Å². The SMILES string of the molecule is CC(=O)NC(C(=O)Nc1nc(C23CC4CC(CC(C4)C2)C3)cs1)C(C)C. The van der Waals surface area contributed by atoms with E-state index in [-0.39, 0.29) is 23.1 Å². The van der Waals surface area contributed by atoms with Gasteiger partial charge in [0.05, 0.1) is 5.69 Å². The Bertz CT molecular complexity index is 676. The van der Waals surface area contributed by atoms with Gasteiger partial charge in [0.1, 0.15) is 6.04 Å². The second kappa shape index (κ2) is 6.63. The van der Waals surface area contributed by atoms with Crippen molar-refractivity contribution in [2.45, 2.75) is 70.8 Å². The van der Waals surface area contributed by atoms with E-state index >= 15 is 0 Å². The lowest BCUT2D eigenvalue weighted by molar-refractivity contribution is -0.126. The van der Waals surface area contributed by atoms with Gasteiger partial charge in [0, 0.05) is 17.7 Å². The highest BCUT2D eigenvalue weighted by Crippen LogP contribution is 2.60. The fourth-order valence-corrected chi connectivity index (χ4v) is 6.77. The van der Waals surface area contributed by atoms with E-state index in [0.717, 1.165) is 17.8 Å². The van der Waals surface area contributed by atoms with Gasteiger partial charge in [-0.05, 0) is 62.2 Å². The molecule has 0 spiro atoms. The van der Waals surface area contributed by atoms with Crippen molar-refractivity contribution >= 4 is 28.3 Å². The second-order valence-corrected chi connectivity index (χ2v) is 10.0. The molecule has 4 saturated carbocycles. The smallest absolute Gasteiger partial charge is 0.248 e. The summed E-state index contributed by atoms with van der Waals surface area (Å²) in [6, 6.07) is -0.528. The lowest BCUT2D eigenvalue weighted by Crippen LogP contribution is -2.48. The number of anilines is 1. The molecule has 0 saturated heterocycles. The minimum atomic E-state index is -0.528. The average molecular weight is 376 g/mol. The molecule has 0 aliphatic heterocycles. The lowest BCUT2D eigenvalue weighted by atomic mass is 9.49. The molecule has 2 amide bonds. The summed E-state index contributed by atoms with van der Waals surface area (Å²) in [5.41, 5.74) is 1.45. The number of amides is 2. The van der Waals surface area contributed by atoms with Crippen LogP contribution < -0.4 is 10.6 Å². The molecule has 26 heavy (non-hydrogen) atoms. The molecule has 5 rings (SSSR count). The molecule has 5 nitrogen and oxygen atoms in total. The minimum absolute atomic E-state index is 0.0292. The van der Waals surface area contributed by atoms with E-state index in [2.05, 4.69) is 16.0 Å². The highest BCUT2D eigenvalue weighted by atomic mass is 32.1. The summed E-state index contributed by atoms with van der Waals surface area (Å²) >= 11 is 1.52. The quantitative estimate of drug-likeness (QED) is 0.824. The van der Waals surface area contributed by atoms with Crippen molar-refractivity contribution in [3.05, 3.63) is 11.1 Å². The van der Waals surface area contributed by atoms with Gasteiger partial charge in [-0.3, -0.25) is 9.59 Å². The van der Waals surface area contributed by atoms with E-state index in [1.165, 1.54) is 62.5 Å². The average Bonchev–Trinajstić information content (AvgIpc) is 3.00. The Morgan fingerprint density at radius 2 is 1.73 bits per heavy atom. The van der Waals surface area contributed by atoms with Gasteiger partial charge in [0.2, 0.25) is 11.8 Å². The standard InChI is InChI=1S/C20H29N3O2S/c1-11(2)17(21-12(3)24)18(25)23-19-22-16(10-26-19)20-7-13-4-14(8-20)6-15(5-13)9-20/h10-11,13-15,17H,4-9H2,1-3H3,(H,21,24)(H,22,23,25). The van der Waals surface area contributed by atoms with Crippen molar-refractivity contribution in [2.24, 2.45) is 23.7 Å². The van der Waals surface area contributed by atoms with Crippen molar-refractivity contribution < 1.29 is 9.59 Å². The molecule has 1 aromatic rings. The monoisotopic (exact) mass is 375 g/mol. The van der Waals surface area contributed by atoms with Crippen LogP contribution in [-0.2, 0) is 15.0 Å². The summed E-state index contributed by atoms with van der Waals surface area (Å²) in [5.74, 6) is 2.30. The Morgan fingerprint density at radius 3 is 2.23 bits per heavy atom. The van der Waals surface area contributed by atoms with Crippen molar-refractivity contribution in [1.29, 1.82) is 0 Å². The van der Waals surface area contributed by atoms with Gasteiger partial charge >= 0.3 is 0 Å². The van der Waals surface area contributed by atoms with Crippen LogP contribution in [0.1, 0.15) is 65.0 Å². The Morgan fingerprint density at radius 1 is 1.15 bits per heavy atom. The molecule has 1 unspecified atom stereocenters. The zero-order valence-electron chi connectivity index (χ0n) is 15.9. The van der Waals surface area contributed by atoms with Crippen LogP contribution in [0.5, 0.6) is 0 Å². The first-order valence-electron chi connectivity index (χ1n) is 9.88. The van der Waals surface area contributed by atoms with Crippen molar-refractivity contribution in [2.75, 3.05) is 5.32 Å². The third kappa shape index (κ3) is 3.28. The Kier molecular flexibility index (Phi) is 4.58. The van der Waals surface area contributed by atoms with Gasteiger partial charge in [-0.2, -0.15) is 0 Å². The molecule has 1 atom stereocenters. The summed E-state index contributed by atoms with van der Waals surface area (Å²) < 4.78 is 0. The van der Waals surface area contributed by atoms with Gasteiger partial charge < -0.3 is 10.6 Å². The first-order chi connectivity index (χ1) is 12.3. The summed E-state index contributed by atoms with van der Waals surface area (Å²) in [6.45, 7) is 5.31. The van der Waals surface area contributed by atoms with Crippen LogP contribution in [0.2, 0.25) is 0 Å². The highest BCUT2D eigenvalue weighted by molar-refractivity contribution is 7.14. The topological polar surface area (TPSA) is 71.1 Å². The number of rotatable bonds is 5. The summed E-state index contributed by atoms with van der Waals surface area (Å²) in [6.07, 6.45) is 8.07. The normalized spacial score (nSPS) is 33.3. The lowest BCUT2D eigenvalue weighted by Gasteiger charge is -2.56. The maximum Gasteiger partial charge on any atom is 0.248 e. The molecule has 0 aromatic carbocycles. The van der Waals surface area contributed by atoms with Gasteiger partial charge in [-0.25, -0.2) is 4.98 Å². The van der Waals surface area contributed by atoms with Gasteiger partial charge in [0.15, 0.2) is 5.13 Å². The largest absolute Gasteiger partial charge is 0.344 e. The predicted octanol–water partition coefficient (Wildman–Crippen LogP) is 3.71. The van der Waals surface area contributed by atoms with Crippen LogP contribution in [0.4, 0.5) is 5.13 Å². The first kappa shape index (κ1) is 18.0. The third-order valence-corrected chi connectivity index (χ3v) is 7.38. The molecule has 0 radical (unpaired) electrons. The zero-order valence-corrected chi connectivity index (χ0v) is 16.7. The fraction of sp³-hybridized carbons (Fsp3) is 0.750. The molecular weight excluding hydrogens is 346 g/mol. The molecule has 1 heterocycles. The van der Waals surface area contributed by atoms with E-state index in [1.54, 1.807) is 0 Å². The molecule has 2 N–H and O–H groups in total. The molecular formula is C20H29N3O2S. The number of thiazole rings is 1. The Labute approximate surface area is 159 Å². The predicted molar refractivity (Wildman–Crippen MR) is 103 cm³/mol. The maximum atomic E-state index is 12.6. The Balaban J connectivity index is 1.48. The van der Waals surface area contributed by atoms with Crippen LogP contribution in [0.15, 0.2) is 5.38 Å². The van der Waals surface area contributed by atoms with Crippen LogP contribution in [-0.4, -0.2) is 22.8 Å².